The number of ether oxygens (including phenoxy) is 2. The van der Waals surface area contributed by atoms with Crippen molar-refractivity contribution in [2.75, 3.05) is 19.0 Å². The van der Waals surface area contributed by atoms with Crippen molar-refractivity contribution in [3.63, 3.8) is 0 Å². The largest absolute Gasteiger partial charge is 0.353 e. The lowest BCUT2D eigenvalue weighted by molar-refractivity contribution is -0.136. The van der Waals surface area contributed by atoms with Crippen LogP contribution in [0.15, 0.2) is 47.4 Å². The molecule has 4 heteroatoms. The zero-order valence-corrected chi connectivity index (χ0v) is 13.4. The third kappa shape index (κ3) is 4.63. The number of hydrogen-bond acceptors (Lipinski definition) is 3. The first-order chi connectivity index (χ1) is 10.2. The number of fused-ring (bicyclic) bond motifs is 1. The van der Waals surface area contributed by atoms with Gasteiger partial charge in [-0.2, -0.15) is 0 Å². The van der Waals surface area contributed by atoms with E-state index in [1.54, 1.807) is 0 Å². The van der Waals surface area contributed by atoms with Crippen LogP contribution in [0.3, 0.4) is 0 Å². The van der Waals surface area contributed by atoms with Gasteiger partial charge in [-0.1, -0.05) is 30.3 Å². The minimum atomic E-state index is -1.03. The Hall–Kier alpha value is -1.23. The van der Waals surface area contributed by atoms with Crippen molar-refractivity contribution in [3.8, 4) is 0 Å². The van der Waals surface area contributed by atoms with Gasteiger partial charge in [-0.05, 0) is 36.8 Å². The molecule has 21 heavy (non-hydrogen) atoms. The Bertz CT molecular complexity index is 591. The topological polar surface area (TPSA) is 35.5 Å². The second kappa shape index (κ2) is 8.27. The quantitative estimate of drug-likeness (QED) is 0.697. The van der Waals surface area contributed by atoms with Crippen molar-refractivity contribution < 1.29 is 13.7 Å². The molecular formula is C17H22O3S. The number of hydrogen-bond donors (Lipinski definition) is 0. The average Bonchev–Trinajstić information content (AvgIpc) is 2.52. The first-order valence-electron chi connectivity index (χ1n) is 7.35. The van der Waals surface area contributed by atoms with Gasteiger partial charge >= 0.3 is 0 Å². The van der Waals surface area contributed by atoms with E-state index < -0.39 is 10.8 Å². The van der Waals surface area contributed by atoms with E-state index in [0.29, 0.717) is 25.4 Å². The van der Waals surface area contributed by atoms with Crippen molar-refractivity contribution in [3.05, 3.63) is 42.5 Å². The van der Waals surface area contributed by atoms with Crippen LogP contribution in [0.25, 0.3) is 10.8 Å². The van der Waals surface area contributed by atoms with Gasteiger partial charge in [0.2, 0.25) is 0 Å². The molecule has 2 aromatic carbocycles. The third-order valence-corrected chi connectivity index (χ3v) is 4.61. The minimum absolute atomic E-state index is 0.260. The maximum atomic E-state index is 12.4. The molecule has 2 rings (SSSR count). The Labute approximate surface area is 128 Å². The summed E-state index contributed by atoms with van der Waals surface area (Å²) in [5.41, 5.74) is 0. The molecule has 0 amide bonds. The monoisotopic (exact) mass is 306 g/mol. The molecule has 3 nitrogen and oxygen atoms in total. The Balaban J connectivity index is 2.01. The molecular weight excluding hydrogens is 284 g/mol. The van der Waals surface area contributed by atoms with Crippen molar-refractivity contribution in [2.24, 2.45) is 0 Å². The summed E-state index contributed by atoms with van der Waals surface area (Å²) in [5.74, 6) is 0.545. The van der Waals surface area contributed by atoms with E-state index in [9.17, 15) is 4.21 Å². The fourth-order valence-corrected chi connectivity index (χ4v) is 3.34. The van der Waals surface area contributed by atoms with Crippen LogP contribution < -0.4 is 0 Å². The van der Waals surface area contributed by atoms with Crippen LogP contribution in [0, 0.1) is 0 Å². The van der Waals surface area contributed by atoms with Gasteiger partial charge < -0.3 is 9.47 Å². The van der Waals surface area contributed by atoms with Gasteiger partial charge in [-0.3, -0.25) is 4.21 Å². The van der Waals surface area contributed by atoms with Gasteiger partial charge in [0.05, 0.1) is 10.8 Å². The van der Waals surface area contributed by atoms with Gasteiger partial charge in [0, 0.05) is 30.3 Å². The van der Waals surface area contributed by atoms with Crippen molar-refractivity contribution in [1.29, 1.82) is 0 Å². The normalized spacial score (nSPS) is 12.9. The van der Waals surface area contributed by atoms with Gasteiger partial charge in [0.15, 0.2) is 6.29 Å². The molecule has 0 aliphatic carbocycles. The predicted molar refractivity (Wildman–Crippen MR) is 86.9 cm³/mol. The van der Waals surface area contributed by atoms with E-state index in [1.807, 2.05) is 50.2 Å². The van der Waals surface area contributed by atoms with E-state index in [-0.39, 0.29) is 6.29 Å². The minimum Gasteiger partial charge on any atom is -0.353 e. The van der Waals surface area contributed by atoms with Crippen molar-refractivity contribution in [1.82, 2.24) is 0 Å². The Morgan fingerprint density at radius 3 is 2.33 bits per heavy atom. The van der Waals surface area contributed by atoms with Gasteiger partial charge in [-0.15, -0.1) is 0 Å². The van der Waals surface area contributed by atoms with Crippen LogP contribution in [-0.2, 0) is 20.3 Å². The van der Waals surface area contributed by atoms with Crippen LogP contribution >= 0.6 is 0 Å². The highest BCUT2D eigenvalue weighted by molar-refractivity contribution is 7.85. The molecule has 0 spiro atoms. The maximum Gasteiger partial charge on any atom is 0.158 e. The summed E-state index contributed by atoms with van der Waals surface area (Å²) in [5, 5.41) is 2.29. The fraction of sp³-hybridized carbons (Fsp3) is 0.412. The molecule has 0 saturated carbocycles. The second-order valence-electron chi connectivity index (χ2n) is 4.69. The molecule has 2 aromatic rings. The van der Waals surface area contributed by atoms with Crippen molar-refractivity contribution >= 4 is 21.6 Å². The van der Waals surface area contributed by atoms with Crippen molar-refractivity contribution in [2.45, 2.75) is 31.5 Å². The van der Waals surface area contributed by atoms with E-state index in [0.717, 1.165) is 10.3 Å². The molecule has 1 atom stereocenters. The summed E-state index contributed by atoms with van der Waals surface area (Å²) in [6.45, 7) is 5.08. The highest BCUT2D eigenvalue weighted by atomic mass is 32.2. The molecule has 1 unspecified atom stereocenters. The van der Waals surface area contributed by atoms with E-state index in [2.05, 4.69) is 6.07 Å². The van der Waals surface area contributed by atoms with Crippen LogP contribution in [0.1, 0.15) is 20.3 Å². The smallest absolute Gasteiger partial charge is 0.158 e. The molecule has 114 valence electrons. The Morgan fingerprint density at radius 2 is 1.67 bits per heavy atom. The van der Waals surface area contributed by atoms with E-state index in [1.165, 1.54) is 5.39 Å². The van der Waals surface area contributed by atoms with E-state index >= 15 is 0 Å². The molecule has 0 fully saturated rings. The maximum absolute atomic E-state index is 12.4. The zero-order valence-electron chi connectivity index (χ0n) is 12.6. The molecule has 0 aromatic heterocycles. The Morgan fingerprint density at radius 1 is 1.00 bits per heavy atom. The molecule has 0 N–H and O–H groups in total. The predicted octanol–water partition coefficient (Wildman–Crippen LogP) is 3.74. The summed E-state index contributed by atoms with van der Waals surface area (Å²) in [7, 11) is -1.03. The van der Waals surface area contributed by atoms with E-state index in [4.69, 9.17) is 9.47 Å². The summed E-state index contributed by atoms with van der Waals surface area (Å²) in [6, 6.07) is 14.1. The van der Waals surface area contributed by atoms with Crippen LogP contribution in [0.5, 0.6) is 0 Å². The molecule has 0 bridgehead atoms. The first kappa shape index (κ1) is 16.1. The molecule has 0 aliphatic rings. The lowest BCUT2D eigenvalue weighted by atomic mass is 10.1. The number of rotatable bonds is 8. The first-order valence-corrected chi connectivity index (χ1v) is 8.66. The van der Waals surface area contributed by atoms with Gasteiger partial charge in [0.1, 0.15) is 0 Å². The summed E-state index contributed by atoms with van der Waals surface area (Å²) in [4.78, 5) is 0.862. The second-order valence-corrected chi connectivity index (χ2v) is 6.26. The zero-order chi connectivity index (χ0) is 15.1. The van der Waals surface area contributed by atoms with Crippen LogP contribution in [-0.4, -0.2) is 29.5 Å². The van der Waals surface area contributed by atoms with Gasteiger partial charge in [-0.25, -0.2) is 0 Å². The van der Waals surface area contributed by atoms with Gasteiger partial charge in [0.25, 0.3) is 0 Å². The lowest BCUT2D eigenvalue weighted by Crippen LogP contribution is -2.20. The standard InChI is InChI=1S/C17H22O3S/c1-3-19-17(20-4-2)11-12-21(18)16-10-9-14-7-5-6-8-15(14)13-16/h5-10,13,17H,3-4,11-12H2,1-2H3. The molecule has 0 aliphatic heterocycles. The molecule has 0 saturated heterocycles. The average molecular weight is 306 g/mol. The third-order valence-electron chi connectivity index (χ3n) is 3.23. The SMILES string of the molecule is CCOC(CCS(=O)c1ccc2ccccc2c1)OCC. The Kier molecular flexibility index (Phi) is 6.36. The molecule has 0 radical (unpaired) electrons. The number of benzene rings is 2. The van der Waals surface area contributed by atoms with Crippen LogP contribution in [0.4, 0.5) is 0 Å². The summed E-state index contributed by atoms with van der Waals surface area (Å²) < 4.78 is 23.4. The van der Waals surface area contributed by atoms with Crippen LogP contribution in [0.2, 0.25) is 0 Å². The highest BCUT2D eigenvalue weighted by Gasteiger charge is 2.12. The summed E-state index contributed by atoms with van der Waals surface area (Å²) in [6.07, 6.45) is 0.380. The molecule has 0 heterocycles. The summed E-state index contributed by atoms with van der Waals surface area (Å²) >= 11 is 0. The fourth-order valence-electron chi connectivity index (χ4n) is 2.22. The lowest BCUT2D eigenvalue weighted by Gasteiger charge is -2.16. The highest BCUT2D eigenvalue weighted by Crippen LogP contribution is 2.18.